The Morgan fingerprint density at radius 2 is 2.29 bits per heavy atom. The first kappa shape index (κ1) is 12.5. The van der Waals surface area contributed by atoms with Crippen LogP contribution in [0.5, 0.6) is 0 Å². The molecule has 4 nitrogen and oxygen atoms in total. The topological polar surface area (TPSA) is 54.0 Å². The quantitative estimate of drug-likeness (QED) is 0.862. The van der Waals surface area contributed by atoms with Crippen LogP contribution in [0.2, 0.25) is 0 Å². The summed E-state index contributed by atoms with van der Waals surface area (Å²) in [5.41, 5.74) is 1.14. The summed E-state index contributed by atoms with van der Waals surface area (Å²) < 4.78 is 0. The van der Waals surface area contributed by atoms with Crippen LogP contribution in [0.15, 0.2) is 0 Å². The van der Waals surface area contributed by atoms with Crippen LogP contribution in [-0.2, 0) is 4.79 Å². The van der Waals surface area contributed by atoms with Gasteiger partial charge in [0.25, 0.3) is 0 Å². The number of nitrogens with one attached hydrogen (secondary N) is 2. The number of thiazole rings is 1. The van der Waals surface area contributed by atoms with E-state index in [4.69, 9.17) is 0 Å². The fraction of sp³-hybridized carbons (Fsp3) is 0.667. The Bertz CT molecular complexity index is 406. The minimum Gasteiger partial charge on any atom is -0.355 e. The Morgan fingerprint density at radius 1 is 1.53 bits per heavy atom. The molecule has 1 aliphatic rings. The third kappa shape index (κ3) is 3.04. The number of hydrogen-bond acceptors (Lipinski definition) is 4. The molecule has 2 heterocycles. The lowest BCUT2D eigenvalue weighted by Crippen LogP contribution is -2.46. The lowest BCUT2D eigenvalue weighted by molar-refractivity contribution is -0.122. The molecule has 1 fully saturated rings. The van der Waals surface area contributed by atoms with E-state index >= 15 is 0 Å². The molecule has 1 saturated heterocycles. The maximum absolute atomic E-state index is 11.1. The molecule has 0 saturated carbocycles. The third-order valence-electron chi connectivity index (χ3n) is 3.10. The van der Waals surface area contributed by atoms with Crippen LogP contribution in [0.1, 0.15) is 41.4 Å². The number of piperidine rings is 1. The Morgan fingerprint density at radius 3 is 2.82 bits per heavy atom. The Balaban J connectivity index is 1.95. The number of amides is 1. The summed E-state index contributed by atoms with van der Waals surface area (Å²) in [6.45, 7) is 7.01. The summed E-state index contributed by atoms with van der Waals surface area (Å²) in [5, 5.41) is 7.54. The Kier molecular flexibility index (Phi) is 3.79. The van der Waals surface area contributed by atoms with Gasteiger partial charge in [-0.2, -0.15) is 0 Å². The van der Waals surface area contributed by atoms with Crippen LogP contribution < -0.4 is 10.6 Å². The smallest absolute Gasteiger partial charge is 0.220 e. The van der Waals surface area contributed by atoms with E-state index < -0.39 is 0 Å². The van der Waals surface area contributed by atoms with Crippen LogP contribution in [0.3, 0.4) is 0 Å². The van der Waals surface area contributed by atoms with E-state index in [-0.39, 0.29) is 11.9 Å². The summed E-state index contributed by atoms with van der Waals surface area (Å²) in [5.74, 6) is 0.163. The number of carbonyl (C=O) groups excluding carboxylic acids is 1. The van der Waals surface area contributed by atoms with Crippen molar-refractivity contribution in [2.24, 2.45) is 0 Å². The molecule has 1 aromatic rings. The molecule has 1 aliphatic heterocycles. The van der Waals surface area contributed by atoms with Gasteiger partial charge in [-0.15, -0.1) is 11.3 Å². The van der Waals surface area contributed by atoms with Crippen LogP contribution >= 0.6 is 11.3 Å². The van der Waals surface area contributed by atoms with Gasteiger partial charge in [0.05, 0.1) is 10.7 Å². The fourth-order valence-corrected chi connectivity index (χ4v) is 3.17. The standard InChI is InChI=1S/C12H19N3OS/c1-7(12-8(2)17-9(3)15-12)14-10-4-5-11(16)13-6-10/h7,10,14H,4-6H2,1-3H3,(H,13,16). The highest BCUT2D eigenvalue weighted by molar-refractivity contribution is 7.11. The van der Waals surface area contributed by atoms with Crippen molar-refractivity contribution in [2.75, 3.05) is 6.54 Å². The lowest BCUT2D eigenvalue weighted by Gasteiger charge is -2.26. The second-order valence-electron chi connectivity index (χ2n) is 4.60. The van der Waals surface area contributed by atoms with Crippen molar-refractivity contribution in [1.82, 2.24) is 15.6 Å². The van der Waals surface area contributed by atoms with Crippen molar-refractivity contribution in [3.63, 3.8) is 0 Å². The average molecular weight is 253 g/mol. The summed E-state index contributed by atoms with van der Waals surface area (Å²) >= 11 is 1.74. The first-order chi connectivity index (χ1) is 8.06. The van der Waals surface area contributed by atoms with Crippen molar-refractivity contribution < 1.29 is 4.79 Å². The number of nitrogens with zero attached hydrogens (tertiary/aromatic N) is 1. The molecule has 94 valence electrons. The van der Waals surface area contributed by atoms with Gasteiger partial charge in [-0.3, -0.25) is 4.79 Å². The molecule has 2 unspecified atom stereocenters. The van der Waals surface area contributed by atoms with Crippen molar-refractivity contribution in [2.45, 2.75) is 45.7 Å². The average Bonchev–Trinajstić information content (AvgIpc) is 2.61. The van der Waals surface area contributed by atoms with Gasteiger partial charge in [0.15, 0.2) is 0 Å². The summed E-state index contributed by atoms with van der Waals surface area (Å²) in [4.78, 5) is 16.9. The van der Waals surface area contributed by atoms with Gasteiger partial charge >= 0.3 is 0 Å². The molecule has 2 rings (SSSR count). The van der Waals surface area contributed by atoms with E-state index in [0.717, 1.165) is 23.7 Å². The van der Waals surface area contributed by atoms with E-state index in [0.29, 0.717) is 12.5 Å². The first-order valence-electron chi connectivity index (χ1n) is 6.03. The highest BCUT2D eigenvalue weighted by Gasteiger charge is 2.21. The predicted octanol–water partition coefficient (Wildman–Crippen LogP) is 1.69. The van der Waals surface area contributed by atoms with Gasteiger partial charge in [0.1, 0.15) is 0 Å². The molecule has 0 radical (unpaired) electrons. The number of carbonyl (C=O) groups is 1. The Labute approximate surface area is 106 Å². The first-order valence-corrected chi connectivity index (χ1v) is 6.84. The van der Waals surface area contributed by atoms with Crippen LogP contribution in [0.4, 0.5) is 0 Å². The molecule has 17 heavy (non-hydrogen) atoms. The minimum absolute atomic E-state index is 0.163. The van der Waals surface area contributed by atoms with Gasteiger partial charge < -0.3 is 10.6 Å². The number of hydrogen-bond donors (Lipinski definition) is 2. The Hall–Kier alpha value is -0.940. The van der Waals surface area contributed by atoms with E-state index in [1.165, 1.54) is 4.88 Å². The zero-order valence-corrected chi connectivity index (χ0v) is 11.4. The zero-order valence-electron chi connectivity index (χ0n) is 10.5. The number of aryl methyl sites for hydroxylation is 2. The molecule has 0 bridgehead atoms. The molecule has 2 atom stereocenters. The fourth-order valence-electron chi connectivity index (χ4n) is 2.25. The molecular formula is C12H19N3OS. The molecule has 1 amide bonds. The number of aromatic nitrogens is 1. The van der Waals surface area contributed by atoms with Crippen LogP contribution in [0, 0.1) is 13.8 Å². The SMILES string of the molecule is Cc1nc(C(C)NC2CCC(=O)NC2)c(C)s1. The monoisotopic (exact) mass is 253 g/mol. The normalized spacial score (nSPS) is 22.3. The van der Waals surface area contributed by atoms with E-state index in [1.807, 2.05) is 6.92 Å². The summed E-state index contributed by atoms with van der Waals surface area (Å²) in [7, 11) is 0. The highest BCUT2D eigenvalue weighted by atomic mass is 32.1. The van der Waals surface area contributed by atoms with Crippen LogP contribution in [-0.4, -0.2) is 23.5 Å². The molecular weight excluding hydrogens is 234 g/mol. The molecule has 0 aromatic carbocycles. The summed E-state index contributed by atoms with van der Waals surface area (Å²) in [6.07, 6.45) is 1.54. The zero-order chi connectivity index (χ0) is 12.4. The molecule has 0 aliphatic carbocycles. The van der Waals surface area contributed by atoms with E-state index in [9.17, 15) is 4.79 Å². The minimum atomic E-state index is 0.163. The third-order valence-corrected chi connectivity index (χ3v) is 4.00. The van der Waals surface area contributed by atoms with Gasteiger partial charge in [-0.25, -0.2) is 4.98 Å². The maximum atomic E-state index is 11.1. The molecule has 5 heteroatoms. The molecule has 0 spiro atoms. The predicted molar refractivity (Wildman–Crippen MR) is 69.2 cm³/mol. The lowest BCUT2D eigenvalue weighted by atomic mass is 10.1. The summed E-state index contributed by atoms with van der Waals surface area (Å²) in [6, 6.07) is 0.615. The van der Waals surface area contributed by atoms with Gasteiger partial charge in [0, 0.05) is 29.9 Å². The van der Waals surface area contributed by atoms with E-state index in [2.05, 4.69) is 29.5 Å². The van der Waals surface area contributed by atoms with Crippen molar-refractivity contribution in [3.05, 3.63) is 15.6 Å². The maximum Gasteiger partial charge on any atom is 0.220 e. The van der Waals surface area contributed by atoms with Gasteiger partial charge in [0.2, 0.25) is 5.91 Å². The van der Waals surface area contributed by atoms with E-state index in [1.54, 1.807) is 11.3 Å². The van der Waals surface area contributed by atoms with Gasteiger partial charge in [-0.05, 0) is 27.2 Å². The van der Waals surface area contributed by atoms with Crippen molar-refractivity contribution in [1.29, 1.82) is 0 Å². The highest BCUT2D eigenvalue weighted by Crippen LogP contribution is 2.23. The van der Waals surface area contributed by atoms with Crippen molar-refractivity contribution in [3.8, 4) is 0 Å². The van der Waals surface area contributed by atoms with Gasteiger partial charge in [-0.1, -0.05) is 0 Å². The second kappa shape index (κ2) is 5.14. The largest absolute Gasteiger partial charge is 0.355 e. The molecule has 2 N–H and O–H groups in total. The molecule has 1 aromatic heterocycles. The van der Waals surface area contributed by atoms with Crippen LogP contribution in [0.25, 0.3) is 0 Å². The second-order valence-corrected chi connectivity index (χ2v) is 6.01. The van der Waals surface area contributed by atoms with Crippen molar-refractivity contribution >= 4 is 17.2 Å². The number of rotatable bonds is 3.